The molecule has 0 amide bonds. The van der Waals surface area contributed by atoms with Crippen LogP contribution in [0.5, 0.6) is 5.75 Å². The van der Waals surface area contributed by atoms with Gasteiger partial charge < -0.3 is 9.84 Å². The van der Waals surface area contributed by atoms with Crippen LogP contribution in [0.25, 0.3) is 5.76 Å². The zero-order valence-electron chi connectivity index (χ0n) is 9.92. The molecule has 0 bridgehead atoms. The summed E-state index contributed by atoms with van der Waals surface area (Å²) in [5.41, 5.74) is 0.695. The molecule has 0 aliphatic carbocycles. The fourth-order valence-electron chi connectivity index (χ4n) is 1.52. The summed E-state index contributed by atoms with van der Waals surface area (Å²) in [7, 11) is 0. The molecule has 2 aromatic rings. The van der Waals surface area contributed by atoms with Crippen molar-refractivity contribution >= 4 is 27.7 Å². The van der Waals surface area contributed by atoms with Crippen molar-refractivity contribution in [2.75, 3.05) is 0 Å². The summed E-state index contributed by atoms with van der Waals surface area (Å²) < 4.78 is 5.66. The lowest BCUT2D eigenvalue weighted by molar-refractivity contribution is -0.131. The average molecular weight is 319 g/mol. The molecule has 1 N–H and O–H groups in total. The molecule has 2 aromatic carbocycles. The Hall–Kier alpha value is -2.07. The van der Waals surface area contributed by atoms with Crippen LogP contribution in [0.2, 0.25) is 0 Å². The Bertz CT molecular complexity index is 591. The first-order valence-corrected chi connectivity index (χ1v) is 6.39. The normalized spacial score (nSPS) is 11.6. The summed E-state index contributed by atoms with van der Waals surface area (Å²) in [6.07, 6.45) is 0. The molecule has 0 saturated carbocycles. The number of rotatable bonds is 4. The van der Waals surface area contributed by atoms with E-state index in [0.29, 0.717) is 11.3 Å². The van der Waals surface area contributed by atoms with Gasteiger partial charge in [0.1, 0.15) is 10.2 Å². The van der Waals surface area contributed by atoms with Crippen molar-refractivity contribution < 1.29 is 14.6 Å². The Labute approximate surface area is 119 Å². The molecule has 0 radical (unpaired) electrons. The minimum Gasteiger partial charge on any atom is -0.477 e. The topological polar surface area (TPSA) is 46.5 Å². The smallest absolute Gasteiger partial charge is 0.346 e. The molecule has 4 heteroatoms. The van der Waals surface area contributed by atoms with Gasteiger partial charge in [0.2, 0.25) is 0 Å². The highest BCUT2D eigenvalue weighted by Gasteiger charge is 2.15. The molecular weight excluding hydrogens is 308 g/mol. The van der Waals surface area contributed by atoms with Crippen LogP contribution in [0, 0.1) is 0 Å². The Balaban J connectivity index is 2.42. The van der Waals surface area contributed by atoms with E-state index < -0.39 is 5.97 Å². The van der Waals surface area contributed by atoms with Gasteiger partial charge in [-0.25, -0.2) is 4.79 Å². The van der Waals surface area contributed by atoms with Crippen molar-refractivity contribution in [1.29, 1.82) is 0 Å². The number of hydrogen-bond donors (Lipinski definition) is 1. The molecule has 0 atom stereocenters. The highest BCUT2D eigenvalue weighted by molar-refractivity contribution is 9.12. The summed E-state index contributed by atoms with van der Waals surface area (Å²) >= 11 is 3.06. The number of benzene rings is 2. The van der Waals surface area contributed by atoms with Crippen molar-refractivity contribution in [3.8, 4) is 5.75 Å². The van der Waals surface area contributed by atoms with E-state index in [1.54, 1.807) is 24.3 Å². The van der Waals surface area contributed by atoms with Gasteiger partial charge in [0.05, 0.1) is 0 Å². The lowest BCUT2D eigenvalue weighted by Gasteiger charge is -2.11. The van der Waals surface area contributed by atoms with Crippen molar-refractivity contribution in [2.24, 2.45) is 0 Å². The monoisotopic (exact) mass is 318 g/mol. The van der Waals surface area contributed by atoms with Crippen LogP contribution < -0.4 is 4.74 Å². The summed E-state index contributed by atoms with van der Waals surface area (Å²) in [5, 5.41) is 9.11. The zero-order valence-corrected chi connectivity index (χ0v) is 11.5. The molecule has 2 rings (SSSR count). The zero-order chi connectivity index (χ0) is 13.7. The van der Waals surface area contributed by atoms with Crippen LogP contribution >= 0.6 is 15.9 Å². The lowest BCUT2D eigenvalue weighted by atomic mass is 10.2. The van der Waals surface area contributed by atoms with Gasteiger partial charge in [-0.2, -0.15) is 0 Å². The second-order valence-corrected chi connectivity index (χ2v) is 4.52. The summed E-state index contributed by atoms with van der Waals surface area (Å²) in [5.74, 6) is -0.214. The number of aliphatic carboxylic acids is 1. The van der Waals surface area contributed by atoms with Crippen LogP contribution in [0.3, 0.4) is 0 Å². The molecule has 96 valence electrons. The molecule has 0 heterocycles. The van der Waals surface area contributed by atoms with Crippen molar-refractivity contribution in [3.05, 3.63) is 70.7 Å². The second kappa shape index (κ2) is 6.20. The highest BCUT2D eigenvalue weighted by atomic mass is 79.9. The van der Waals surface area contributed by atoms with Crippen molar-refractivity contribution in [1.82, 2.24) is 0 Å². The van der Waals surface area contributed by atoms with Gasteiger partial charge in [0, 0.05) is 5.56 Å². The van der Waals surface area contributed by atoms with Crippen LogP contribution in [-0.4, -0.2) is 11.1 Å². The number of para-hydroxylation sites is 1. The maximum absolute atomic E-state index is 11.1. The van der Waals surface area contributed by atoms with E-state index in [1.165, 1.54) is 0 Å². The largest absolute Gasteiger partial charge is 0.477 e. The first-order valence-electron chi connectivity index (χ1n) is 5.60. The Morgan fingerprint density at radius 2 is 1.47 bits per heavy atom. The number of carbonyl (C=O) groups is 1. The molecular formula is C15H11BrO3. The van der Waals surface area contributed by atoms with Gasteiger partial charge in [-0.3, -0.25) is 0 Å². The maximum Gasteiger partial charge on any atom is 0.346 e. The third-order valence-electron chi connectivity index (χ3n) is 2.39. The lowest BCUT2D eigenvalue weighted by Crippen LogP contribution is -2.03. The summed E-state index contributed by atoms with van der Waals surface area (Å²) in [4.78, 5) is 11.1. The summed E-state index contributed by atoms with van der Waals surface area (Å²) in [6.45, 7) is 0. The van der Waals surface area contributed by atoms with Gasteiger partial charge in [-0.1, -0.05) is 48.5 Å². The van der Waals surface area contributed by atoms with E-state index in [9.17, 15) is 4.79 Å². The molecule has 0 aliphatic heterocycles. The van der Waals surface area contributed by atoms with Crippen molar-refractivity contribution in [3.63, 3.8) is 0 Å². The van der Waals surface area contributed by atoms with Gasteiger partial charge >= 0.3 is 5.97 Å². The van der Waals surface area contributed by atoms with E-state index in [2.05, 4.69) is 15.9 Å². The molecule has 19 heavy (non-hydrogen) atoms. The van der Waals surface area contributed by atoms with Crippen LogP contribution in [0.1, 0.15) is 5.56 Å². The molecule has 3 nitrogen and oxygen atoms in total. The number of hydrogen-bond acceptors (Lipinski definition) is 2. The number of carboxylic acids is 1. The van der Waals surface area contributed by atoms with Crippen LogP contribution in [0.15, 0.2) is 65.1 Å². The quantitative estimate of drug-likeness (QED) is 0.686. The number of halogens is 1. The van der Waals surface area contributed by atoms with Gasteiger partial charge in [-0.15, -0.1) is 0 Å². The van der Waals surface area contributed by atoms with Gasteiger partial charge in [0.15, 0.2) is 5.76 Å². The fraction of sp³-hybridized carbons (Fsp3) is 0. The predicted molar refractivity (Wildman–Crippen MR) is 77.0 cm³/mol. The highest BCUT2D eigenvalue weighted by Crippen LogP contribution is 2.26. The summed E-state index contributed by atoms with van der Waals surface area (Å²) in [6, 6.07) is 18.2. The minimum atomic E-state index is -1.07. The molecule has 0 fully saturated rings. The fourth-order valence-corrected chi connectivity index (χ4v) is 1.83. The second-order valence-electron chi connectivity index (χ2n) is 3.73. The standard InChI is InChI=1S/C15H11BrO3/c16-13(15(17)18)14(11-7-3-1-4-8-11)19-12-9-5-2-6-10-12/h1-10H,(H,17,18)/b14-13-. The van der Waals surface area contributed by atoms with Crippen LogP contribution in [-0.2, 0) is 4.79 Å². The van der Waals surface area contributed by atoms with Gasteiger partial charge in [-0.05, 0) is 28.1 Å². The maximum atomic E-state index is 11.1. The first-order chi connectivity index (χ1) is 9.18. The van der Waals surface area contributed by atoms with E-state index in [4.69, 9.17) is 9.84 Å². The van der Waals surface area contributed by atoms with E-state index in [0.717, 1.165) is 0 Å². The molecule has 0 aliphatic rings. The van der Waals surface area contributed by atoms with Crippen molar-refractivity contribution in [2.45, 2.75) is 0 Å². The minimum absolute atomic E-state index is 0.0115. The number of ether oxygens (including phenoxy) is 1. The molecule has 0 aromatic heterocycles. The molecule has 0 saturated heterocycles. The first kappa shape index (κ1) is 13.4. The molecule has 0 spiro atoms. The Morgan fingerprint density at radius 3 is 2.00 bits per heavy atom. The predicted octanol–water partition coefficient (Wildman–Crippen LogP) is 3.91. The van der Waals surface area contributed by atoms with Crippen LogP contribution in [0.4, 0.5) is 0 Å². The SMILES string of the molecule is O=C(O)/C(Br)=C(/Oc1ccccc1)c1ccccc1. The van der Waals surface area contributed by atoms with E-state index in [1.807, 2.05) is 36.4 Å². The third-order valence-corrected chi connectivity index (χ3v) is 3.09. The number of carboxylic acid groups (broad SMARTS) is 1. The van der Waals surface area contributed by atoms with E-state index in [-0.39, 0.29) is 10.2 Å². The average Bonchev–Trinajstić information content (AvgIpc) is 2.46. The van der Waals surface area contributed by atoms with Gasteiger partial charge in [0.25, 0.3) is 0 Å². The van der Waals surface area contributed by atoms with E-state index >= 15 is 0 Å². The Kier molecular flexibility index (Phi) is 4.36. The molecule has 0 unspecified atom stereocenters. The third kappa shape index (κ3) is 3.45. The Morgan fingerprint density at radius 1 is 0.947 bits per heavy atom.